The topological polar surface area (TPSA) is 98.5 Å². The van der Waals surface area contributed by atoms with Crippen molar-refractivity contribution in [3.63, 3.8) is 0 Å². The molecule has 0 radical (unpaired) electrons. The molecule has 0 saturated carbocycles. The molecule has 25 heavy (non-hydrogen) atoms. The van der Waals surface area contributed by atoms with Crippen molar-refractivity contribution in [2.24, 2.45) is 11.7 Å². The standard InChI is InChI=1S/C19H20N2O4/c1-12(2)16(17(22)21-19(20)24)25-18(23)15-10-8-14(9-11-15)13-6-4-3-5-7-13/h3-12,16H,1-2H3,(H3,20,21,22,24)/t16-/m0/s1. The number of primary amides is 1. The summed E-state index contributed by atoms with van der Waals surface area (Å²) in [7, 11) is 0. The molecule has 0 spiro atoms. The fraction of sp³-hybridized carbons (Fsp3) is 0.211. The summed E-state index contributed by atoms with van der Waals surface area (Å²) in [5.41, 5.74) is 7.24. The zero-order valence-electron chi connectivity index (χ0n) is 14.1. The summed E-state index contributed by atoms with van der Waals surface area (Å²) in [6.07, 6.45) is -1.10. The predicted molar refractivity (Wildman–Crippen MR) is 93.6 cm³/mol. The number of amides is 3. The molecule has 0 aliphatic rings. The first-order valence-corrected chi connectivity index (χ1v) is 7.85. The molecule has 2 rings (SSSR count). The van der Waals surface area contributed by atoms with Crippen LogP contribution in [0.15, 0.2) is 54.6 Å². The average Bonchev–Trinajstić information content (AvgIpc) is 2.59. The van der Waals surface area contributed by atoms with E-state index in [-0.39, 0.29) is 5.92 Å². The molecular weight excluding hydrogens is 320 g/mol. The lowest BCUT2D eigenvalue weighted by Gasteiger charge is -2.19. The van der Waals surface area contributed by atoms with Gasteiger partial charge in [-0.3, -0.25) is 10.1 Å². The van der Waals surface area contributed by atoms with Crippen molar-refractivity contribution in [1.29, 1.82) is 0 Å². The third kappa shape index (κ3) is 4.91. The van der Waals surface area contributed by atoms with Gasteiger partial charge in [0, 0.05) is 0 Å². The van der Waals surface area contributed by atoms with Gasteiger partial charge in [0.1, 0.15) is 0 Å². The highest BCUT2D eigenvalue weighted by Crippen LogP contribution is 2.20. The van der Waals surface area contributed by atoms with E-state index >= 15 is 0 Å². The van der Waals surface area contributed by atoms with Gasteiger partial charge in [0.15, 0.2) is 6.10 Å². The van der Waals surface area contributed by atoms with E-state index in [0.717, 1.165) is 11.1 Å². The molecule has 130 valence electrons. The zero-order valence-corrected chi connectivity index (χ0v) is 14.1. The van der Waals surface area contributed by atoms with Gasteiger partial charge in [0.25, 0.3) is 5.91 Å². The summed E-state index contributed by atoms with van der Waals surface area (Å²) < 4.78 is 5.25. The number of rotatable bonds is 5. The summed E-state index contributed by atoms with van der Waals surface area (Å²) >= 11 is 0. The lowest BCUT2D eigenvalue weighted by molar-refractivity contribution is -0.130. The van der Waals surface area contributed by atoms with E-state index in [2.05, 4.69) is 0 Å². The number of carbonyl (C=O) groups excluding carboxylic acids is 3. The molecular formula is C19H20N2O4. The Labute approximate surface area is 146 Å². The van der Waals surface area contributed by atoms with E-state index in [9.17, 15) is 14.4 Å². The van der Waals surface area contributed by atoms with Crippen LogP contribution in [0.5, 0.6) is 0 Å². The molecule has 0 unspecified atom stereocenters. The second-order valence-electron chi connectivity index (χ2n) is 5.87. The van der Waals surface area contributed by atoms with Crippen LogP contribution in [0.4, 0.5) is 4.79 Å². The van der Waals surface area contributed by atoms with Crippen LogP contribution in [-0.2, 0) is 9.53 Å². The van der Waals surface area contributed by atoms with E-state index in [0.29, 0.717) is 5.56 Å². The predicted octanol–water partition coefficient (Wildman–Crippen LogP) is 2.73. The smallest absolute Gasteiger partial charge is 0.338 e. The van der Waals surface area contributed by atoms with Crippen LogP contribution < -0.4 is 11.1 Å². The maximum Gasteiger partial charge on any atom is 0.338 e. The molecule has 6 heteroatoms. The van der Waals surface area contributed by atoms with Crippen molar-refractivity contribution in [2.45, 2.75) is 20.0 Å². The molecule has 2 aromatic rings. The van der Waals surface area contributed by atoms with Gasteiger partial charge in [-0.05, 0) is 29.2 Å². The molecule has 0 aromatic heterocycles. The minimum absolute atomic E-state index is 0.313. The highest BCUT2D eigenvalue weighted by Gasteiger charge is 2.27. The van der Waals surface area contributed by atoms with Crippen molar-refractivity contribution in [3.05, 3.63) is 60.2 Å². The van der Waals surface area contributed by atoms with Gasteiger partial charge in [-0.2, -0.15) is 0 Å². The van der Waals surface area contributed by atoms with Crippen LogP contribution in [0.25, 0.3) is 11.1 Å². The third-order valence-electron chi connectivity index (χ3n) is 3.57. The van der Waals surface area contributed by atoms with Gasteiger partial charge in [0.2, 0.25) is 0 Å². The van der Waals surface area contributed by atoms with Gasteiger partial charge in [-0.15, -0.1) is 0 Å². The second kappa shape index (κ2) is 8.10. The molecule has 0 saturated heterocycles. The summed E-state index contributed by atoms with van der Waals surface area (Å²) in [6.45, 7) is 3.41. The fourth-order valence-electron chi connectivity index (χ4n) is 2.30. The second-order valence-corrected chi connectivity index (χ2v) is 5.87. The van der Waals surface area contributed by atoms with Crippen LogP contribution >= 0.6 is 0 Å². The molecule has 2 aromatic carbocycles. The number of urea groups is 1. The lowest BCUT2D eigenvalue weighted by atomic mass is 10.0. The van der Waals surface area contributed by atoms with Gasteiger partial charge in [-0.25, -0.2) is 9.59 Å². The number of nitrogens with two attached hydrogens (primary N) is 1. The Morgan fingerprint density at radius 2 is 1.48 bits per heavy atom. The van der Waals surface area contributed by atoms with Gasteiger partial charge < -0.3 is 10.5 Å². The van der Waals surface area contributed by atoms with Crippen LogP contribution in [0, 0.1) is 5.92 Å². The quantitative estimate of drug-likeness (QED) is 0.818. The Morgan fingerprint density at radius 3 is 2.00 bits per heavy atom. The Hall–Kier alpha value is -3.15. The first-order chi connectivity index (χ1) is 11.9. The number of carbonyl (C=O) groups is 3. The Kier molecular flexibility index (Phi) is 5.89. The van der Waals surface area contributed by atoms with E-state index in [4.69, 9.17) is 10.5 Å². The fourth-order valence-corrected chi connectivity index (χ4v) is 2.30. The molecule has 1 atom stereocenters. The molecule has 3 amide bonds. The van der Waals surface area contributed by atoms with Crippen LogP contribution in [0.1, 0.15) is 24.2 Å². The Balaban J connectivity index is 2.11. The average molecular weight is 340 g/mol. The Morgan fingerprint density at radius 1 is 0.920 bits per heavy atom. The SMILES string of the molecule is CC(C)[C@H](OC(=O)c1ccc(-c2ccccc2)cc1)C(=O)NC(N)=O. The number of nitrogens with one attached hydrogen (secondary N) is 1. The van der Waals surface area contributed by atoms with E-state index in [1.165, 1.54) is 0 Å². The summed E-state index contributed by atoms with van der Waals surface area (Å²) in [5, 5.41) is 1.93. The first-order valence-electron chi connectivity index (χ1n) is 7.85. The molecule has 0 heterocycles. The molecule has 0 aliphatic heterocycles. The zero-order chi connectivity index (χ0) is 18.4. The van der Waals surface area contributed by atoms with E-state index < -0.39 is 24.0 Å². The number of ether oxygens (including phenoxy) is 1. The summed E-state index contributed by atoms with van der Waals surface area (Å²) in [5.74, 6) is -1.69. The number of hydrogen-bond donors (Lipinski definition) is 2. The molecule has 6 nitrogen and oxygen atoms in total. The van der Waals surface area contributed by atoms with Crippen LogP contribution in [0.3, 0.4) is 0 Å². The normalized spacial score (nSPS) is 11.6. The lowest BCUT2D eigenvalue weighted by Crippen LogP contribution is -2.45. The summed E-state index contributed by atoms with van der Waals surface area (Å²) in [4.78, 5) is 35.0. The van der Waals surface area contributed by atoms with Gasteiger partial charge >= 0.3 is 12.0 Å². The number of benzene rings is 2. The van der Waals surface area contributed by atoms with Gasteiger partial charge in [-0.1, -0.05) is 56.3 Å². The van der Waals surface area contributed by atoms with E-state index in [1.807, 2.05) is 35.6 Å². The van der Waals surface area contributed by atoms with Crippen molar-refractivity contribution in [2.75, 3.05) is 0 Å². The van der Waals surface area contributed by atoms with E-state index in [1.54, 1.807) is 38.1 Å². The van der Waals surface area contributed by atoms with Crippen molar-refractivity contribution >= 4 is 17.9 Å². The first kappa shape index (κ1) is 18.2. The highest BCUT2D eigenvalue weighted by molar-refractivity contribution is 5.98. The molecule has 0 aliphatic carbocycles. The number of hydrogen-bond acceptors (Lipinski definition) is 4. The number of imide groups is 1. The highest BCUT2D eigenvalue weighted by atomic mass is 16.5. The summed E-state index contributed by atoms with van der Waals surface area (Å²) in [6, 6.07) is 15.6. The van der Waals surface area contributed by atoms with Crippen molar-refractivity contribution in [1.82, 2.24) is 5.32 Å². The molecule has 3 N–H and O–H groups in total. The largest absolute Gasteiger partial charge is 0.448 e. The Bertz CT molecular complexity index is 755. The number of esters is 1. The van der Waals surface area contributed by atoms with Crippen LogP contribution in [-0.4, -0.2) is 24.0 Å². The maximum atomic E-state index is 12.3. The van der Waals surface area contributed by atoms with Crippen LogP contribution in [0.2, 0.25) is 0 Å². The maximum absolute atomic E-state index is 12.3. The van der Waals surface area contributed by atoms with Crippen molar-refractivity contribution in [3.8, 4) is 11.1 Å². The minimum atomic E-state index is -1.10. The third-order valence-corrected chi connectivity index (χ3v) is 3.57. The molecule has 0 fully saturated rings. The molecule has 0 bridgehead atoms. The van der Waals surface area contributed by atoms with Gasteiger partial charge in [0.05, 0.1) is 5.56 Å². The minimum Gasteiger partial charge on any atom is -0.448 e. The monoisotopic (exact) mass is 340 g/mol. The van der Waals surface area contributed by atoms with Crippen molar-refractivity contribution < 1.29 is 19.1 Å².